The fraction of sp³-hybridized carbons (Fsp3) is 0.529. The van der Waals surface area contributed by atoms with Gasteiger partial charge in [-0.2, -0.15) is 0 Å². The maximum atomic E-state index is 12.1. The quantitative estimate of drug-likeness (QED) is 0.869. The molecule has 0 aromatic carbocycles. The molecule has 2 heterocycles. The van der Waals surface area contributed by atoms with Crippen LogP contribution in [0.4, 0.5) is 11.1 Å². The lowest BCUT2D eigenvalue weighted by atomic mass is 9.95. The molecule has 1 fully saturated rings. The molecule has 0 atom stereocenters. The molecular weight excluding hydrogens is 322 g/mol. The number of hydrogen-bond acceptors (Lipinski definition) is 6. The number of rotatable bonds is 5. The standard InChI is InChI=1S/C17H23N5OS/c1-11-8-12(2)19-16(18-11)22-17-21-14(10-24-17)9-15(23)20-13-6-4-3-5-7-13/h8,10,13H,3-7,9H2,1-2H3,(H,20,23)(H,18,19,21,22). The second-order valence-electron chi connectivity index (χ2n) is 6.32. The minimum Gasteiger partial charge on any atom is -0.353 e. The fourth-order valence-electron chi connectivity index (χ4n) is 3.01. The SMILES string of the molecule is Cc1cc(C)nc(Nc2nc(CC(=O)NC3CCCCC3)cs2)n1. The van der Waals surface area contributed by atoms with Crippen LogP contribution in [0, 0.1) is 13.8 Å². The topological polar surface area (TPSA) is 79.8 Å². The molecule has 0 spiro atoms. The smallest absolute Gasteiger partial charge is 0.229 e. The zero-order valence-corrected chi connectivity index (χ0v) is 14.9. The van der Waals surface area contributed by atoms with Crippen molar-refractivity contribution in [3.8, 4) is 0 Å². The molecule has 0 saturated heterocycles. The summed E-state index contributed by atoms with van der Waals surface area (Å²) in [7, 11) is 0. The van der Waals surface area contributed by atoms with Crippen LogP contribution in [0.2, 0.25) is 0 Å². The minimum atomic E-state index is 0.0569. The highest BCUT2D eigenvalue weighted by molar-refractivity contribution is 7.13. The van der Waals surface area contributed by atoms with Crippen molar-refractivity contribution in [3.63, 3.8) is 0 Å². The molecule has 0 unspecified atom stereocenters. The van der Waals surface area contributed by atoms with E-state index in [1.165, 1.54) is 30.6 Å². The fourth-order valence-corrected chi connectivity index (χ4v) is 3.72. The van der Waals surface area contributed by atoms with Crippen molar-refractivity contribution in [3.05, 3.63) is 28.5 Å². The summed E-state index contributed by atoms with van der Waals surface area (Å²) in [6.45, 7) is 3.87. The Morgan fingerprint density at radius 1 is 1.17 bits per heavy atom. The maximum absolute atomic E-state index is 12.1. The first-order valence-corrected chi connectivity index (χ1v) is 9.29. The molecule has 0 aliphatic heterocycles. The van der Waals surface area contributed by atoms with Crippen molar-refractivity contribution in [2.45, 2.75) is 58.4 Å². The first-order valence-electron chi connectivity index (χ1n) is 8.41. The minimum absolute atomic E-state index is 0.0569. The van der Waals surface area contributed by atoms with E-state index in [4.69, 9.17) is 0 Å². The Hall–Kier alpha value is -2.02. The third-order valence-corrected chi connectivity index (χ3v) is 4.87. The molecule has 1 aliphatic rings. The van der Waals surface area contributed by atoms with Crippen molar-refractivity contribution in [1.82, 2.24) is 20.3 Å². The molecule has 0 radical (unpaired) electrons. The number of aryl methyl sites for hydroxylation is 2. The number of anilines is 2. The van der Waals surface area contributed by atoms with Gasteiger partial charge in [-0.25, -0.2) is 15.0 Å². The summed E-state index contributed by atoms with van der Waals surface area (Å²) in [5, 5.41) is 8.85. The van der Waals surface area contributed by atoms with Crippen molar-refractivity contribution < 1.29 is 4.79 Å². The second kappa shape index (κ2) is 7.70. The third kappa shape index (κ3) is 4.74. The Balaban J connectivity index is 1.55. The normalized spacial score (nSPS) is 15.2. The summed E-state index contributed by atoms with van der Waals surface area (Å²) in [6, 6.07) is 2.26. The molecule has 1 aliphatic carbocycles. The van der Waals surface area contributed by atoms with Gasteiger partial charge in [0.25, 0.3) is 0 Å². The van der Waals surface area contributed by atoms with Crippen LogP contribution in [0.1, 0.15) is 49.2 Å². The van der Waals surface area contributed by atoms with Gasteiger partial charge < -0.3 is 10.6 Å². The molecule has 0 bridgehead atoms. The van der Waals surface area contributed by atoms with Gasteiger partial charge in [-0.05, 0) is 32.8 Å². The van der Waals surface area contributed by atoms with Crippen molar-refractivity contribution in [1.29, 1.82) is 0 Å². The first-order chi connectivity index (χ1) is 11.6. The first kappa shape index (κ1) is 16.8. The zero-order valence-electron chi connectivity index (χ0n) is 14.1. The lowest BCUT2D eigenvalue weighted by molar-refractivity contribution is -0.121. The zero-order chi connectivity index (χ0) is 16.9. The van der Waals surface area contributed by atoms with Gasteiger partial charge in [-0.3, -0.25) is 4.79 Å². The predicted molar refractivity (Wildman–Crippen MR) is 95.6 cm³/mol. The Bertz CT molecular complexity index is 689. The van der Waals surface area contributed by atoms with Crippen LogP contribution in [-0.4, -0.2) is 26.9 Å². The Kier molecular flexibility index (Phi) is 5.40. The van der Waals surface area contributed by atoms with Crippen molar-refractivity contribution >= 4 is 28.3 Å². The summed E-state index contributed by atoms with van der Waals surface area (Å²) in [6.07, 6.45) is 6.23. The van der Waals surface area contributed by atoms with E-state index in [-0.39, 0.29) is 5.91 Å². The third-order valence-electron chi connectivity index (χ3n) is 4.06. The Morgan fingerprint density at radius 2 is 1.88 bits per heavy atom. The highest BCUT2D eigenvalue weighted by Gasteiger charge is 2.16. The van der Waals surface area contributed by atoms with Crippen LogP contribution in [0.15, 0.2) is 11.4 Å². The number of amides is 1. The summed E-state index contributed by atoms with van der Waals surface area (Å²) in [4.78, 5) is 25.3. The van der Waals surface area contributed by atoms with Crippen LogP contribution in [-0.2, 0) is 11.2 Å². The number of carbonyl (C=O) groups excluding carboxylic acids is 1. The van der Waals surface area contributed by atoms with E-state index >= 15 is 0 Å². The van der Waals surface area contributed by atoms with E-state index in [9.17, 15) is 4.79 Å². The van der Waals surface area contributed by atoms with Gasteiger partial charge in [0.15, 0.2) is 5.13 Å². The van der Waals surface area contributed by atoms with Gasteiger partial charge in [0.05, 0.1) is 12.1 Å². The van der Waals surface area contributed by atoms with Crippen LogP contribution < -0.4 is 10.6 Å². The van der Waals surface area contributed by atoms with Crippen LogP contribution in [0.3, 0.4) is 0 Å². The van der Waals surface area contributed by atoms with E-state index in [1.54, 1.807) is 0 Å². The second-order valence-corrected chi connectivity index (χ2v) is 7.18. The van der Waals surface area contributed by atoms with E-state index < -0.39 is 0 Å². The molecule has 2 N–H and O–H groups in total. The van der Waals surface area contributed by atoms with Gasteiger partial charge in [0.2, 0.25) is 11.9 Å². The molecule has 6 nitrogen and oxygen atoms in total. The number of nitrogens with one attached hydrogen (secondary N) is 2. The van der Waals surface area contributed by atoms with E-state index in [0.29, 0.717) is 23.5 Å². The van der Waals surface area contributed by atoms with Crippen LogP contribution >= 0.6 is 11.3 Å². The molecule has 1 saturated carbocycles. The lowest BCUT2D eigenvalue weighted by Crippen LogP contribution is -2.37. The number of aromatic nitrogens is 3. The average molecular weight is 345 g/mol. The van der Waals surface area contributed by atoms with Gasteiger partial charge >= 0.3 is 0 Å². The van der Waals surface area contributed by atoms with Crippen LogP contribution in [0.25, 0.3) is 0 Å². The lowest BCUT2D eigenvalue weighted by Gasteiger charge is -2.22. The monoisotopic (exact) mass is 345 g/mol. The van der Waals surface area contributed by atoms with E-state index in [2.05, 4.69) is 25.6 Å². The molecule has 2 aromatic rings. The molecule has 128 valence electrons. The van der Waals surface area contributed by atoms with Crippen molar-refractivity contribution in [2.75, 3.05) is 5.32 Å². The highest BCUT2D eigenvalue weighted by Crippen LogP contribution is 2.20. The summed E-state index contributed by atoms with van der Waals surface area (Å²) < 4.78 is 0. The number of hydrogen-bond donors (Lipinski definition) is 2. The summed E-state index contributed by atoms with van der Waals surface area (Å²) in [5.74, 6) is 0.599. The van der Waals surface area contributed by atoms with Crippen molar-refractivity contribution in [2.24, 2.45) is 0 Å². The highest BCUT2D eigenvalue weighted by atomic mass is 32.1. The van der Waals surface area contributed by atoms with Gasteiger partial charge in [-0.15, -0.1) is 11.3 Å². The number of nitrogens with zero attached hydrogens (tertiary/aromatic N) is 3. The Labute approximate surface area is 146 Å². The summed E-state index contributed by atoms with van der Waals surface area (Å²) in [5.41, 5.74) is 2.60. The van der Waals surface area contributed by atoms with Gasteiger partial charge in [-0.1, -0.05) is 19.3 Å². The summed E-state index contributed by atoms with van der Waals surface area (Å²) >= 11 is 1.46. The number of carbonyl (C=O) groups is 1. The largest absolute Gasteiger partial charge is 0.353 e. The predicted octanol–water partition coefficient (Wildman–Crippen LogP) is 3.28. The van der Waals surface area contributed by atoms with Gasteiger partial charge in [0.1, 0.15) is 0 Å². The molecule has 1 amide bonds. The average Bonchev–Trinajstić information content (AvgIpc) is 2.94. The molecular formula is C17H23N5OS. The maximum Gasteiger partial charge on any atom is 0.229 e. The van der Waals surface area contributed by atoms with E-state index in [1.807, 2.05) is 25.3 Å². The molecule has 7 heteroatoms. The Morgan fingerprint density at radius 3 is 2.58 bits per heavy atom. The number of thiazole rings is 1. The molecule has 24 heavy (non-hydrogen) atoms. The van der Waals surface area contributed by atoms with Crippen LogP contribution in [0.5, 0.6) is 0 Å². The molecule has 2 aromatic heterocycles. The van der Waals surface area contributed by atoms with Gasteiger partial charge in [0, 0.05) is 22.8 Å². The molecule has 3 rings (SSSR count). The van der Waals surface area contributed by atoms with E-state index in [0.717, 1.165) is 29.9 Å².